The SMILES string of the molecule is COc1cc(OC)cc(C(=O)Nc2ccc(-c3nc(-c4cc(C)ccc4C)co3)cc2)c1. The number of oxazole rings is 1. The molecule has 0 atom stereocenters. The lowest BCUT2D eigenvalue weighted by Crippen LogP contribution is -2.12. The van der Waals surface area contributed by atoms with Crippen LogP contribution in [0, 0.1) is 13.8 Å². The zero-order chi connectivity index (χ0) is 22.7. The number of ether oxygens (including phenoxy) is 2. The molecule has 0 fully saturated rings. The van der Waals surface area contributed by atoms with E-state index in [0.717, 1.165) is 22.4 Å². The van der Waals surface area contributed by atoms with E-state index >= 15 is 0 Å². The maximum atomic E-state index is 12.7. The Bertz CT molecular complexity index is 1240. The van der Waals surface area contributed by atoms with Gasteiger partial charge in [0.25, 0.3) is 5.91 Å². The fourth-order valence-electron chi connectivity index (χ4n) is 3.38. The van der Waals surface area contributed by atoms with Crippen molar-refractivity contribution >= 4 is 11.6 Å². The molecule has 6 nitrogen and oxygen atoms in total. The number of hydrogen-bond acceptors (Lipinski definition) is 5. The summed E-state index contributed by atoms with van der Waals surface area (Å²) in [6.45, 7) is 4.11. The van der Waals surface area contributed by atoms with Gasteiger partial charge in [-0.25, -0.2) is 4.98 Å². The minimum absolute atomic E-state index is 0.261. The molecule has 0 aliphatic carbocycles. The largest absolute Gasteiger partial charge is 0.497 e. The highest BCUT2D eigenvalue weighted by Crippen LogP contribution is 2.28. The van der Waals surface area contributed by atoms with E-state index in [-0.39, 0.29) is 5.91 Å². The maximum absolute atomic E-state index is 12.7. The molecule has 0 radical (unpaired) electrons. The van der Waals surface area contributed by atoms with Crippen LogP contribution in [0.25, 0.3) is 22.7 Å². The summed E-state index contributed by atoms with van der Waals surface area (Å²) >= 11 is 0. The minimum Gasteiger partial charge on any atom is -0.497 e. The molecule has 0 bridgehead atoms. The van der Waals surface area contributed by atoms with Crippen LogP contribution in [0.1, 0.15) is 21.5 Å². The van der Waals surface area contributed by atoms with Gasteiger partial charge in [0, 0.05) is 28.4 Å². The van der Waals surface area contributed by atoms with E-state index in [1.165, 1.54) is 5.56 Å². The van der Waals surface area contributed by atoms with E-state index in [2.05, 4.69) is 42.3 Å². The van der Waals surface area contributed by atoms with Crippen molar-refractivity contribution in [2.45, 2.75) is 13.8 Å². The number of benzene rings is 3. The number of nitrogens with zero attached hydrogens (tertiary/aromatic N) is 1. The van der Waals surface area contributed by atoms with Gasteiger partial charge in [-0.1, -0.05) is 17.7 Å². The number of anilines is 1. The summed E-state index contributed by atoms with van der Waals surface area (Å²) in [6.07, 6.45) is 1.67. The topological polar surface area (TPSA) is 73.6 Å². The smallest absolute Gasteiger partial charge is 0.255 e. The van der Waals surface area contributed by atoms with Crippen LogP contribution in [0.2, 0.25) is 0 Å². The average Bonchev–Trinajstić information content (AvgIpc) is 3.30. The third-order valence-corrected chi connectivity index (χ3v) is 5.18. The average molecular weight is 428 g/mol. The van der Waals surface area contributed by atoms with Crippen molar-refractivity contribution < 1.29 is 18.7 Å². The molecule has 162 valence electrons. The Morgan fingerprint density at radius 1 is 0.906 bits per heavy atom. The summed E-state index contributed by atoms with van der Waals surface area (Å²) in [5, 5.41) is 2.88. The van der Waals surface area contributed by atoms with Gasteiger partial charge < -0.3 is 19.2 Å². The first-order valence-electron chi connectivity index (χ1n) is 10.1. The van der Waals surface area contributed by atoms with Gasteiger partial charge in [0.1, 0.15) is 23.5 Å². The summed E-state index contributed by atoms with van der Waals surface area (Å²) in [4.78, 5) is 17.3. The van der Waals surface area contributed by atoms with Gasteiger partial charge in [-0.3, -0.25) is 4.79 Å². The van der Waals surface area contributed by atoms with Crippen LogP contribution < -0.4 is 14.8 Å². The molecule has 0 spiro atoms. The third-order valence-electron chi connectivity index (χ3n) is 5.18. The number of rotatable bonds is 6. The quantitative estimate of drug-likeness (QED) is 0.414. The van der Waals surface area contributed by atoms with E-state index in [9.17, 15) is 4.79 Å². The molecule has 1 amide bonds. The molecule has 4 rings (SSSR count). The van der Waals surface area contributed by atoms with Crippen molar-refractivity contribution in [3.63, 3.8) is 0 Å². The van der Waals surface area contributed by atoms with Crippen molar-refractivity contribution in [3.8, 4) is 34.2 Å². The van der Waals surface area contributed by atoms with Crippen LogP contribution in [0.3, 0.4) is 0 Å². The lowest BCUT2D eigenvalue weighted by Gasteiger charge is -2.09. The lowest BCUT2D eigenvalue weighted by molar-refractivity contribution is 0.102. The van der Waals surface area contributed by atoms with E-state index in [1.54, 1.807) is 38.7 Å². The Kier molecular flexibility index (Phi) is 5.94. The summed E-state index contributed by atoms with van der Waals surface area (Å²) in [5.41, 5.74) is 6.08. The van der Waals surface area contributed by atoms with E-state index < -0.39 is 0 Å². The predicted octanol–water partition coefficient (Wildman–Crippen LogP) is 5.89. The Balaban J connectivity index is 1.51. The zero-order valence-corrected chi connectivity index (χ0v) is 18.4. The predicted molar refractivity (Wildman–Crippen MR) is 124 cm³/mol. The third kappa shape index (κ3) is 4.49. The molecular formula is C26H24N2O4. The molecular weight excluding hydrogens is 404 g/mol. The second-order valence-electron chi connectivity index (χ2n) is 7.49. The van der Waals surface area contributed by atoms with E-state index in [4.69, 9.17) is 13.9 Å². The molecule has 3 aromatic carbocycles. The fourth-order valence-corrected chi connectivity index (χ4v) is 3.38. The Morgan fingerprint density at radius 2 is 1.59 bits per heavy atom. The van der Waals surface area contributed by atoms with Gasteiger partial charge in [0.2, 0.25) is 5.89 Å². The number of methoxy groups -OCH3 is 2. The van der Waals surface area contributed by atoms with Crippen molar-refractivity contribution in [2.24, 2.45) is 0 Å². The number of carbonyl (C=O) groups excluding carboxylic acids is 1. The Hall–Kier alpha value is -4.06. The highest BCUT2D eigenvalue weighted by atomic mass is 16.5. The van der Waals surface area contributed by atoms with Crippen LogP contribution in [0.5, 0.6) is 11.5 Å². The molecule has 4 aromatic rings. The van der Waals surface area contributed by atoms with E-state index in [0.29, 0.717) is 28.6 Å². The van der Waals surface area contributed by atoms with Crippen LogP contribution in [0.4, 0.5) is 5.69 Å². The van der Waals surface area contributed by atoms with Gasteiger partial charge >= 0.3 is 0 Å². The van der Waals surface area contributed by atoms with Crippen molar-refractivity contribution in [1.29, 1.82) is 0 Å². The fraction of sp³-hybridized carbons (Fsp3) is 0.154. The highest BCUT2D eigenvalue weighted by Gasteiger charge is 2.13. The van der Waals surface area contributed by atoms with Gasteiger partial charge in [-0.15, -0.1) is 0 Å². The van der Waals surface area contributed by atoms with Crippen molar-refractivity contribution in [3.05, 3.63) is 83.6 Å². The van der Waals surface area contributed by atoms with Gasteiger partial charge in [0.15, 0.2) is 0 Å². The number of aromatic nitrogens is 1. The van der Waals surface area contributed by atoms with Crippen molar-refractivity contribution in [1.82, 2.24) is 4.98 Å². The normalized spacial score (nSPS) is 10.6. The van der Waals surface area contributed by atoms with Crippen LogP contribution in [0.15, 0.2) is 71.3 Å². The first kappa shape index (κ1) is 21.2. The first-order chi connectivity index (χ1) is 15.5. The number of aryl methyl sites for hydroxylation is 2. The summed E-state index contributed by atoms with van der Waals surface area (Å²) < 4.78 is 16.2. The first-order valence-corrected chi connectivity index (χ1v) is 10.1. The number of carbonyl (C=O) groups is 1. The molecule has 0 saturated carbocycles. The zero-order valence-electron chi connectivity index (χ0n) is 18.4. The molecule has 1 N–H and O–H groups in total. The van der Waals surface area contributed by atoms with Gasteiger partial charge in [-0.2, -0.15) is 0 Å². The molecule has 0 aliphatic rings. The second-order valence-corrected chi connectivity index (χ2v) is 7.49. The molecule has 1 heterocycles. The highest BCUT2D eigenvalue weighted by molar-refractivity contribution is 6.04. The van der Waals surface area contributed by atoms with Gasteiger partial charge in [0.05, 0.1) is 14.2 Å². The number of nitrogens with one attached hydrogen (secondary N) is 1. The number of amides is 1. The molecule has 6 heteroatoms. The monoisotopic (exact) mass is 428 g/mol. The molecule has 32 heavy (non-hydrogen) atoms. The lowest BCUT2D eigenvalue weighted by atomic mass is 10.0. The van der Waals surface area contributed by atoms with Crippen LogP contribution in [-0.2, 0) is 0 Å². The minimum atomic E-state index is -0.261. The van der Waals surface area contributed by atoms with E-state index in [1.807, 2.05) is 24.3 Å². The summed E-state index contributed by atoms with van der Waals surface area (Å²) in [5.74, 6) is 1.36. The maximum Gasteiger partial charge on any atom is 0.255 e. The number of hydrogen-bond donors (Lipinski definition) is 1. The summed E-state index contributed by atoms with van der Waals surface area (Å²) in [6, 6.07) is 18.6. The van der Waals surface area contributed by atoms with Crippen LogP contribution >= 0.6 is 0 Å². The van der Waals surface area contributed by atoms with Gasteiger partial charge in [-0.05, 0) is 61.9 Å². The van der Waals surface area contributed by atoms with Crippen molar-refractivity contribution in [2.75, 3.05) is 19.5 Å². The molecule has 1 aromatic heterocycles. The molecule has 0 aliphatic heterocycles. The Labute approximate surface area is 186 Å². The Morgan fingerprint density at radius 3 is 2.25 bits per heavy atom. The second kappa shape index (κ2) is 8.98. The standard InChI is InChI=1S/C26H24N2O4/c1-16-5-6-17(2)23(11-16)24-15-32-26(28-24)18-7-9-20(10-8-18)27-25(29)19-12-21(30-3)14-22(13-19)31-4/h5-15H,1-4H3,(H,27,29). The summed E-state index contributed by atoms with van der Waals surface area (Å²) in [7, 11) is 3.09. The molecule has 0 saturated heterocycles. The molecule has 0 unspecified atom stereocenters. The van der Waals surface area contributed by atoms with Crippen LogP contribution in [-0.4, -0.2) is 25.1 Å².